The molecule has 0 aliphatic heterocycles. The third-order valence-electron chi connectivity index (χ3n) is 12.6. The van der Waals surface area contributed by atoms with Crippen molar-refractivity contribution in [1.82, 2.24) is 4.57 Å². The molecule has 0 bridgehead atoms. The van der Waals surface area contributed by atoms with Gasteiger partial charge in [0.25, 0.3) is 0 Å². The highest BCUT2D eigenvalue weighted by Crippen LogP contribution is 2.46. The Morgan fingerprint density at radius 2 is 0.881 bits per heavy atom. The topological polar surface area (TPSA) is 8.17 Å². The number of anilines is 3. The quantitative estimate of drug-likeness (QED) is 0.157. The average Bonchev–Trinajstić information content (AvgIpc) is 3.63. The molecule has 0 amide bonds. The van der Waals surface area contributed by atoms with Crippen molar-refractivity contribution in [2.24, 2.45) is 0 Å². The Bertz CT molecular complexity index is 2820. The average molecular weight is 763 g/mol. The second-order valence-corrected chi connectivity index (χ2v) is 16.2. The molecule has 2 aliphatic rings. The van der Waals surface area contributed by atoms with Crippen LogP contribution in [0.15, 0.2) is 205 Å². The lowest BCUT2D eigenvalue weighted by Crippen LogP contribution is -2.10. The molecule has 0 N–H and O–H groups in total. The molecular formula is C57H50N2. The van der Waals surface area contributed by atoms with E-state index in [1.165, 1.54) is 104 Å². The first-order valence-electron chi connectivity index (χ1n) is 21.5. The molecule has 59 heavy (non-hydrogen) atoms. The van der Waals surface area contributed by atoms with Gasteiger partial charge in [-0.1, -0.05) is 128 Å². The van der Waals surface area contributed by atoms with Crippen LogP contribution in [-0.2, 0) is 0 Å². The van der Waals surface area contributed by atoms with Crippen molar-refractivity contribution >= 4 is 50.0 Å². The molecule has 8 aromatic rings. The Balaban J connectivity index is 1.08. The van der Waals surface area contributed by atoms with E-state index in [0.717, 1.165) is 42.7 Å². The fraction of sp³-hybridized carbons (Fsp3) is 0.158. The van der Waals surface area contributed by atoms with Gasteiger partial charge in [0.05, 0.1) is 11.0 Å². The van der Waals surface area contributed by atoms with Gasteiger partial charge in [-0.25, -0.2) is 0 Å². The summed E-state index contributed by atoms with van der Waals surface area (Å²) in [6, 6.07) is 66.7. The maximum absolute atomic E-state index is 4.83. The summed E-state index contributed by atoms with van der Waals surface area (Å²) in [6.07, 6.45) is 10.4. The second kappa shape index (κ2) is 16.3. The van der Waals surface area contributed by atoms with Crippen molar-refractivity contribution in [3.63, 3.8) is 0 Å². The van der Waals surface area contributed by atoms with Crippen molar-refractivity contribution in [1.29, 1.82) is 0 Å². The first-order chi connectivity index (χ1) is 29.2. The highest BCUT2D eigenvalue weighted by atomic mass is 15.1. The fourth-order valence-corrected chi connectivity index (χ4v) is 9.77. The van der Waals surface area contributed by atoms with Crippen LogP contribution in [0.3, 0.4) is 0 Å². The Labute approximate surface area is 349 Å². The number of benzene rings is 7. The van der Waals surface area contributed by atoms with E-state index in [0.29, 0.717) is 0 Å². The molecule has 2 heteroatoms. The van der Waals surface area contributed by atoms with E-state index in [-0.39, 0.29) is 0 Å². The smallest absolute Gasteiger partial charge is 0.0541 e. The molecular weight excluding hydrogens is 713 g/mol. The number of allylic oxidation sites excluding steroid dienone is 5. The van der Waals surface area contributed by atoms with Crippen LogP contribution in [-0.4, -0.2) is 4.57 Å². The van der Waals surface area contributed by atoms with E-state index in [9.17, 15) is 0 Å². The Kier molecular flexibility index (Phi) is 10.1. The van der Waals surface area contributed by atoms with Crippen LogP contribution in [0, 0.1) is 0 Å². The summed E-state index contributed by atoms with van der Waals surface area (Å²) >= 11 is 0. The minimum atomic E-state index is 1.04. The zero-order chi connectivity index (χ0) is 39.5. The molecule has 0 spiro atoms. The summed E-state index contributed by atoms with van der Waals surface area (Å²) in [4.78, 5) is 2.37. The van der Waals surface area contributed by atoms with Crippen molar-refractivity contribution in [3.8, 4) is 16.8 Å². The van der Waals surface area contributed by atoms with Gasteiger partial charge in [-0.2, -0.15) is 0 Å². The predicted molar refractivity (Wildman–Crippen MR) is 252 cm³/mol. The van der Waals surface area contributed by atoms with E-state index in [2.05, 4.69) is 191 Å². The molecule has 0 radical (unpaired) electrons. The maximum atomic E-state index is 4.83. The second-order valence-electron chi connectivity index (χ2n) is 16.2. The van der Waals surface area contributed by atoms with Gasteiger partial charge < -0.3 is 9.47 Å². The molecule has 7 aromatic carbocycles. The monoisotopic (exact) mass is 762 g/mol. The normalized spacial score (nSPS) is 16.3. The van der Waals surface area contributed by atoms with Crippen LogP contribution in [0.1, 0.15) is 68.9 Å². The predicted octanol–water partition coefficient (Wildman–Crippen LogP) is 16.2. The summed E-state index contributed by atoms with van der Waals surface area (Å²) in [5.74, 6) is 0. The van der Waals surface area contributed by atoms with E-state index < -0.39 is 0 Å². The summed E-state index contributed by atoms with van der Waals surface area (Å²) in [5, 5.41) is 2.63. The highest BCUT2D eigenvalue weighted by molar-refractivity contribution is 6.10. The molecule has 1 heterocycles. The van der Waals surface area contributed by atoms with E-state index in [4.69, 9.17) is 6.58 Å². The minimum Gasteiger partial charge on any atom is -0.311 e. The molecule has 288 valence electrons. The van der Waals surface area contributed by atoms with Crippen molar-refractivity contribution in [3.05, 3.63) is 216 Å². The van der Waals surface area contributed by atoms with Gasteiger partial charge in [-0.3, -0.25) is 0 Å². The van der Waals surface area contributed by atoms with Gasteiger partial charge in [0.15, 0.2) is 0 Å². The number of rotatable bonds is 7. The lowest BCUT2D eigenvalue weighted by atomic mass is 9.76. The lowest BCUT2D eigenvalue weighted by molar-refractivity contribution is 0.662. The zero-order valence-electron chi connectivity index (χ0n) is 33.8. The molecule has 1 aromatic heterocycles. The molecule has 2 nitrogen and oxygen atoms in total. The number of fused-ring (bicyclic) bond motifs is 4. The Morgan fingerprint density at radius 1 is 0.373 bits per heavy atom. The van der Waals surface area contributed by atoms with Gasteiger partial charge in [0, 0.05) is 33.5 Å². The largest absolute Gasteiger partial charge is 0.311 e. The molecule has 10 rings (SSSR count). The lowest BCUT2D eigenvalue weighted by Gasteiger charge is -2.29. The minimum absolute atomic E-state index is 1.04. The number of nitrogens with zero attached hydrogens (tertiary/aromatic N) is 2. The van der Waals surface area contributed by atoms with Crippen molar-refractivity contribution < 1.29 is 0 Å². The van der Waals surface area contributed by atoms with Gasteiger partial charge in [0.2, 0.25) is 0 Å². The molecule has 0 saturated heterocycles. The number of hydrogen-bond acceptors (Lipinski definition) is 1. The van der Waals surface area contributed by atoms with E-state index in [1.807, 2.05) is 0 Å². The Morgan fingerprint density at radius 3 is 1.61 bits per heavy atom. The zero-order valence-corrected chi connectivity index (χ0v) is 33.8. The van der Waals surface area contributed by atoms with E-state index >= 15 is 0 Å². The van der Waals surface area contributed by atoms with Gasteiger partial charge >= 0.3 is 0 Å². The maximum Gasteiger partial charge on any atom is 0.0541 e. The third kappa shape index (κ3) is 7.14. The third-order valence-corrected chi connectivity index (χ3v) is 12.6. The highest BCUT2D eigenvalue weighted by Gasteiger charge is 2.25. The standard InChI is InChI=1S/C57H50N2/c1-41-18-6-2-13-25-50(45-34-39-56-54(40-45)52-27-16-17-29-55(52)59(56)47-23-11-5-12-24-47)51-26-14-15-28-53(51)57(41)44-32-37-49(38-33-44)58(46-21-9-4-10-22-46)48-35-30-43(31-36-48)42-19-7-3-8-20-42/h3-5,7-12,16-17,19-24,27,29-40H,1-2,6,13-15,18,25-26,28H2/b51-50+,57-53?. The molecule has 0 unspecified atom stereocenters. The number of aromatic nitrogens is 1. The first-order valence-corrected chi connectivity index (χ1v) is 21.5. The summed E-state index contributed by atoms with van der Waals surface area (Å²) in [5.41, 5.74) is 19.5. The summed E-state index contributed by atoms with van der Waals surface area (Å²) < 4.78 is 2.43. The van der Waals surface area contributed by atoms with Gasteiger partial charge in [-0.05, 0) is 168 Å². The fourth-order valence-electron chi connectivity index (χ4n) is 9.77. The van der Waals surface area contributed by atoms with Crippen LogP contribution in [0.5, 0.6) is 0 Å². The molecule has 2 aliphatic carbocycles. The van der Waals surface area contributed by atoms with E-state index in [1.54, 1.807) is 5.57 Å². The van der Waals surface area contributed by atoms with Crippen molar-refractivity contribution in [2.45, 2.75) is 57.8 Å². The van der Waals surface area contributed by atoms with Crippen LogP contribution >= 0.6 is 0 Å². The van der Waals surface area contributed by atoms with Crippen LogP contribution in [0.25, 0.3) is 49.8 Å². The van der Waals surface area contributed by atoms with Gasteiger partial charge in [-0.15, -0.1) is 0 Å². The molecule has 1 saturated carbocycles. The van der Waals surface area contributed by atoms with Crippen LogP contribution in [0.2, 0.25) is 0 Å². The van der Waals surface area contributed by atoms with Crippen LogP contribution < -0.4 is 4.90 Å². The number of hydrogen-bond donors (Lipinski definition) is 0. The number of para-hydroxylation sites is 3. The van der Waals surface area contributed by atoms with Crippen LogP contribution in [0.4, 0.5) is 17.1 Å². The summed E-state index contributed by atoms with van der Waals surface area (Å²) in [7, 11) is 0. The summed E-state index contributed by atoms with van der Waals surface area (Å²) in [6.45, 7) is 4.83. The molecule has 1 fully saturated rings. The Hall–Kier alpha value is -6.64. The van der Waals surface area contributed by atoms with Crippen molar-refractivity contribution in [2.75, 3.05) is 4.90 Å². The van der Waals surface area contributed by atoms with Gasteiger partial charge in [0.1, 0.15) is 0 Å². The first kappa shape index (κ1) is 36.7. The molecule has 0 atom stereocenters. The SMILES string of the molecule is C=C1CCCCC/C(c2ccc3c(c2)c2ccccc2n3-c2ccccc2)=C2/CCCCC2=C1c1ccc(N(c2ccccc2)c2ccc(-c3ccccc3)cc2)cc1.